The molecule has 73 heavy (non-hydrogen) atoms. The quantitative estimate of drug-likeness (QED) is 0.0304. The number of phenols is 1. The molecule has 1 N–H and O–H groups in total. The molecule has 8 aromatic carbocycles. The van der Waals surface area contributed by atoms with Crippen LogP contribution in [0, 0.1) is 13.8 Å². The van der Waals surface area contributed by atoms with E-state index in [0.29, 0.717) is 16.9 Å². The molecule has 0 unspecified atom stereocenters. The molecule has 0 spiro atoms. The van der Waals surface area contributed by atoms with E-state index in [0.717, 1.165) is 68.1 Å². The van der Waals surface area contributed by atoms with Crippen molar-refractivity contribution < 1.29 is 29.0 Å². The second-order valence-corrected chi connectivity index (χ2v) is 17.3. The van der Waals surface area contributed by atoms with Crippen LogP contribution >= 0.6 is 11.6 Å². The molecule has 0 bridgehead atoms. The highest BCUT2D eigenvalue weighted by molar-refractivity contribution is 6.66. The van der Waals surface area contributed by atoms with Gasteiger partial charge >= 0.3 is 5.97 Å². The van der Waals surface area contributed by atoms with Gasteiger partial charge in [-0.1, -0.05) is 170 Å². The number of allylic oxidation sites excluding steroid dienone is 1. The topological polar surface area (TPSA) is 104 Å². The summed E-state index contributed by atoms with van der Waals surface area (Å²) in [6, 6.07) is 65.9. The van der Waals surface area contributed by atoms with Crippen molar-refractivity contribution in [2.24, 2.45) is 0 Å². The summed E-state index contributed by atoms with van der Waals surface area (Å²) in [6.45, 7) is 10.6. The summed E-state index contributed by atoms with van der Waals surface area (Å²) in [4.78, 5) is 49.3. The molecule has 0 fully saturated rings. The monoisotopic (exact) mass is 986 g/mol. The number of carbonyl (C=O) groups is 4. The summed E-state index contributed by atoms with van der Waals surface area (Å²) in [5, 5.41) is 8.59. The number of benzene rings is 8. The molecule has 8 nitrogen and oxygen atoms in total. The summed E-state index contributed by atoms with van der Waals surface area (Å²) >= 11 is 4.71. The molecule has 0 saturated carbocycles. The van der Waals surface area contributed by atoms with E-state index in [1.54, 1.807) is 24.3 Å². The first kappa shape index (κ1) is 55.1. The molecule has 9 heteroatoms. The minimum atomic E-state index is -0.509. The smallest absolute Gasteiger partial charge is 0.335 e. The average Bonchev–Trinajstić information content (AvgIpc) is 3.41. The van der Waals surface area contributed by atoms with Crippen LogP contribution in [0.1, 0.15) is 65.2 Å². The largest absolute Gasteiger partial charge is 0.508 e. The van der Waals surface area contributed by atoms with Crippen LogP contribution in [0.4, 0.5) is 11.4 Å². The maximum atomic E-state index is 12.1. The van der Waals surface area contributed by atoms with Crippen molar-refractivity contribution in [3.63, 3.8) is 0 Å². The molecule has 0 aromatic heterocycles. The normalized spacial score (nSPS) is 9.96. The molecule has 0 amide bonds. The lowest BCUT2D eigenvalue weighted by molar-refractivity contribution is -0.129. The number of hydrogen-bond acceptors (Lipinski definition) is 8. The van der Waals surface area contributed by atoms with E-state index >= 15 is 0 Å². The molecule has 0 atom stereocenters. The molecule has 8 aromatic rings. The van der Waals surface area contributed by atoms with E-state index in [1.807, 2.05) is 139 Å². The van der Waals surface area contributed by atoms with Crippen LogP contribution in [0.5, 0.6) is 11.5 Å². The maximum Gasteiger partial charge on any atom is 0.335 e. The van der Waals surface area contributed by atoms with Gasteiger partial charge in [0.25, 0.3) is 0 Å². The third-order valence-corrected chi connectivity index (χ3v) is 11.3. The number of ketones is 2. The van der Waals surface area contributed by atoms with Gasteiger partial charge in [-0.05, 0) is 126 Å². The SMILES string of the molecule is C=CC(=O)Cl.C=CC(=O)Oc1ccc(C(=C(c2ccc(N(C)C)cc2)c2ccc(N(C)C)cc2)c2ccccc2)cc1.Cc1ccc(C(=O)c2ccc(C)cc2)cc1.O=C(c1ccccc1)c1ccc(O)cc1. The van der Waals surface area contributed by atoms with Gasteiger partial charge < -0.3 is 19.6 Å². The number of nitrogens with zero attached hydrogens (tertiary/aromatic N) is 2. The van der Waals surface area contributed by atoms with Crippen molar-refractivity contribution in [1.82, 2.24) is 0 Å². The number of halogens is 1. The number of ether oxygens (including phenoxy) is 1. The van der Waals surface area contributed by atoms with Crippen LogP contribution in [0.15, 0.2) is 232 Å². The first-order valence-electron chi connectivity index (χ1n) is 23.3. The van der Waals surface area contributed by atoms with Crippen LogP contribution in [0.25, 0.3) is 11.1 Å². The molecule has 0 heterocycles. The second-order valence-electron chi connectivity index (χ2n) is 17.0. The molecule has 0 aliphatic rings. The van der Waals surface area contributed by atoms with Crippen molar-refractivity contribution in [3.8, 4) is 11.5 Å². The van der Waals surface area contributed by atoms with Crippen LogP contribution in [0.3, 0.4) is 0 Å². The number of aryl methyl sites for hydroxylation is 2. The third kappa shape index (κ3) is 16.6. The lowest BCUT2D eigenvalue weighted by Crippen LogP contribution is -2.09. The minimum absolute atomic E-state index is 0.0319. The first-order valence-corrected chi connectivity index (χ1v) is 23.6. The summed E-state index contributed by atoms with van der Waals surface area (Å²) in [6.07, 6.45) is 2.21. The Bertz CT molecular complexity index is 3010. The van der Waals surface area contributed by atoms with Crippen LogP contribution in [-0.2, 0) is 9.59 Å². The fourth-order valence-electron chi connectivity index (χ4n) is 7.16. The molecule has 0 aliphatic heterocycles. The molecule has 0 saturated heterocycles. The number of aromatic hydroxyl groups is 1. The van der Waals surface area contributed by atoms with E-state index in [4.69, 9.17) is 21.4 Å². The zero-order chi connectivity index (χ0) is 52.9. The molecular weight excluding hydrogens is 928 g/mol. The van der Waals surface area contributed by atoms with Gasteiger partial charge in [-0.2, -0.15) is 0 Å². The Balaban J connectivity index is 0.000000224. The minimum Gasteiger partial charge on any atom is -0.508 e. The second kappa shape index (κ2) is 27.5. The van der Waals surface area contributed by atoms with Gasteiger partial charge in [-0.25, -0.2) is 4.79 Å². The van der Waals surface area contributed by atoms with Gasteiger partial charge in [0.2, 0.25) is 5.24 Å². The third-order valence-electron chi connectivity index (χ3n) is 11.1. The Morgan fingerprint density at radius 2 is 0.712 bits per heavy atom. The van der Waals surface area contributed by atoms with E-state index in [-0.39, 0.29) is 17.3 Å². The van der Waals surface area contributed by atoms with Gasteiger partial charge in [-0.3, -0.25) is 14.4 Å². The van der Waals surface area contributed by atoms with E-state index < -0.39 is 11.2 Å². The number of phenolic OH excluding ortho intramolecular Hbond substituents is 1. The average molecular weight is 988 g/mol. The van der Waals surface area contributed by atoms with Crippen molar-refractivity contribution in [3.05, 3.63) is 287 Å². The van der Waals surface area contributed by atoms with E-state index in [2.05, 4.69) is 95.8 Å². The van der Waals surface area contributed by atoms with Gasteiger partial charge in [0.1, 0.15) is 11.5 Å². The number of hydrogen-bond donors (Lipinski definition) is 1. The fraction of sp³-hybridized carbons (Fsp3) is 0.0938. The molecule has 368 valence electrons. The Morgan fingerprint density at radius 1 is 0.425 bits per heavy atom. The van der Waals surface area contributed by atoms with E-state index in [9.17, 15) is 19.2 Å². The summed E-state index contributed by atoms with van der Waals surface area (Å²) in [7, 11) is 8.17. The Labute approximate surface area is 434 Å². The molecule has 0 aliphatic carbocycles. The van der Waals surface area contributed by atoms with Crippen LogP contribution in [0.2, 0.25) is 0 Å². The zero-order valence-electron chi connectivity index (χ0n) is 42.0. The predicted octanol–water partition coefficient (Wildman–Crippen LogP) is 14.0. The van der Waals surface area contributed by atoms with Gasteiger partial charge in [0.05, 0.1) is 0 Å². The highest BCUT2D eigenvalue weighted by Crippen LogP contribution is 2.38. The standard InChI is InChI=1S/C33H32N2O2.C15H14O.C13H10O2.C3H3ClO/c1-6-31(36)37-30-22-16-27(17-23-30)32(24-10-8-7-9-11-24)33(25-12-18-28(19-13-25)34(2)3)26-14-20-29(21-15-26)35(4)5;1-11-3-7-13(8-4-11)15(16)14-9-5-12(2)6-10-14;14-12-8-6-11(7-9-12)13(15)10-4-2-1-3-5-10;1-2-3(4)5/h6-23H,1H2,2-5H3;3-10H,1-2H3;1-9,14H;2H,1H2. The van der Waals surface area contributed by atoms with Crippen molar-refractivity contribution in [1.29, 1.82) is 0 Å². The number of carbonyl (C=O) groups excluding carboxylic acids is 4. The zero-order valence-corrected chi connectivity index (χ0v) is 42.7. The summed E-state index contributed by atoms with van der Waals surface area (Å²) < 4.78 is 5.32. The lowest BCUT2D eigenvalue weighted by atomic mass is 9.85. The molecule has 0 radical (unpaired) electrons. The number of anilines is 2. The highest BCUT2D eigenvalue weighted by atomic mass is 35.5. The number of rotatable bonds is 13. The Hall–Kier alpha value is -8.85. The van der Waals surface area contributed by atoms with Crippen molar-refractivity contribution in [2.45, 2.75) is 13.8 Å². The summed E-state index contributed by atoms with van der Waals surface area (Å²) in [5.41, 5.74) is 13.9. The highest BCUT2D eigenvalue weighted by Gasteiger charge is 2.18. The molecule has 8 rings (SSSR count). The lowest BCUT2D eigenvalue weighted by Gasteiger charge is -2.20. The number of esters is 1. The Kier molecular flexibility index (Phi) is 20.8. The Morgan fingerprint density at radius 3 is 1.04 bits per heavy atom. The van der Waals surface area contributed by atoms with Gasteiger partial charge in [0.15, 0.2) is 11.6 Å². The fourth-order valence-corrected chi connectivity index (χ4v) is 7.16. The predicted molar refractivity (Wildman–Crippen MR) is 300 cm³/mol. The maximum absolute atomic E-state index is 12.1. The van der Waals surface area contributed by atoms with E-state index in [1.165, 1.54) is 23.3 Å². The van der Waals surface area contributed by atoms with Gasteiger partial charge in [0, 0.05) is 67.9 Å². The van der Waals surface area contributed by atoms with Crippen molar-refractivity contribution in [2.75, 3.05) is 38.0 Å². The van der Waals surface area contributed by atoms with Crippen LogP contribution in [-0.4, -0.2) is 56.1 Å². The van der Waals surface area contributed by atoms with Crippen LogP contribution < -0.4 is 14.5 Å². The van der Waals surface area contributed by atoms with Gasteiger partial charge in [-0.15, -0.1) is 0 Å². The summed E-state index contributed by atoms with van der Waals surface area (Å²) in [5.74, 6) is 0.220. The molecular formula is C64H59ClN2O6. The first-order chi connectivity index (χ1) is 35.1. The van der Waals surface area contributed by atoms with Crippen molar-refractivity contribution >= 4 is 56.9 Å².